The molecule has 0 aromatic carbocycles. The van der Waals surface area contributed by atoms with Crippen LogP contribution in [0.5, 0.6) is 0 Å². The summed E-state index contributed by atoms with van der Waals surface area (Å²) < 4.78 is 5.78. The zero-order chi connectivity index (χ0) is 13.0. The number of likely N-dealkylation sites (N-methyl/N-ethyl adjacent to an activating group) is 1. The second-order valence-electron chi connectivity index (χ2n) is 4.96. The van der Waals surface area contributed by atoms with Crippen LogP contribution < -0.4 is 5.32 Å². The van der Waals surface area contributed by atoms with Crippen LogP contribution in [0.25, 0.3) is 0 Å². The van der Waals surface area contributed by atoms with Crippen LogP contribution in [0.1, 0.15) is 22.2 Å². The molecule has 0 saturated carbocycles. The summed E-state index contributed by atoms with van der Waals surface area (Å²) >= 11 is 1.88. The summed E-state index contributed by atoms with van der Waals surface area (Å²) in [6.07, 6.45) is 0.346. The third-order valence-corrected chi connectivity index (χ3v) is 4.51. The Hall–Kier alpha value is -0.420. The SMILES string of the molecule is CCN1CCOC(CNCc2cc(C)sc2C)C1. The van der Waals surface area contributed by atoms with Crippen LogP contribution in [0.4, 0.5) is 0 Å². The van der Waals surface area contributed by atoms with E-state index in [4.69, 9.17) is 4.74 Å². The van der Waals surface area contributed by atoms with E-state index in [1.165, 1.54) is 15.3 Å². The van der Waals surface area contributed by atoms with E-state index in [1.54, 1.807) is 0 Å². The van der Waals surface area contributed by atoms with Crippen LogP contribution in [0, 0.1) is 13.8 Å². The van der Waals surface area contributed by atoms with Gasteiger partial charge in [0.05, 0.1) is 12.7 Å². The molecule has 1 N–H and O–H groups in total. The highest BCUT2D eigenvalue weighted by atomic mass is 32.1. The Kier molecular flexibility index (Phi) is 5.18. The summed E-state index contributed by atoms with van der Waals surface area (Å²) in [5, 5.41) is 3.53. The van der Waals surface area contributed by atoms with E-state index < -0.39 is 0 Å². The lowest BCUT2D eigenvalue weighted by Gasteiger charge is -2.32. The standard InChI is InChI=1S/C14H24N2OS/c1-4-16-5-6-17-14(10-16)9-15-8-13-7-11(2)18-12(13)3/h7,14-15H,4-6,8-10H2,1-3H3. The Bertz CT molecular complexity index is 378. The lowest BCUT2D eigenvalue weighted by Crippen LogP contribution is -2.46. The molecule has 0 amide bonds. The topological polar surface area (TPSA) is 24.5 Å². The second kappa shape index (κ2) is 6.66. The van der Waals surface area contributed by atoms with Crippen molar-refractivity contribution in [3.05, 3.63) is 21.4 Å². The molecule has 0 radical (unpaired) electrons. The smallest absolute Gasteiger partial charge is 0.0826 e. The molecular weight excluding hydrogens is 244 g/mol. The molecule has 1 aromatic rings. The Labute approximate surface area is 114 Å². The van der Waals surface area contributed by atoms with E-state index in [9.17, 15) is 0 Å². The number of rotatable bonds is 5. The largest absolute Gasteiger partial charge is 0.374 e. The van der Waals surface area contributed by atoms with E-state index in [0.717, 1.165) is 39.3 Å². The summed E-state index contributed by atoms with van der Waals surface area (Å²) in [6.45, 7) is 12.6. The van der Waals surface area contributed by atoms with Crippen molar-refractivity contribution < 1.29 is 4.74 Å². The average molecular weight is 268 g/mol. The average Bonchev–Trinajstić information content (AvgIpc) is 2.68. The van der Waals surface area contributed by atoms with Crippen molar-refractivity contribution in [1.29, 1.82) is 0 Å². The van der Waals surface area contributed by atoms with Gasteiger partial charge in [0.15, 0.2) is 0 Å². The van der Waals surface area contributed by atoms with Gasteiger partial charge >= 0.3 is 0 Å². The van der Waals surface area contributed by atoms with E-state index in [0.29, 0.717) is 6.10 Å². The number of hydrogen-bond donors (Lipinski definition) is 1. The maximum Gasteiger partial charge on any atom is 0.0826 e. The molecule has 4 heteroatoms. The first-order valence-corrected chi connectivity index (χ1v) is 7.61. The minimum absolute atomic E-state index is 0.346. The van der Waals surface area contributed by atoms with Crippen molar-refractivity contribution >= 4 is 11.3 Å². The number of nitrogens with one attached hydrogen (secondary N) is 1. The maximum atomic E-state index is 5.78. The second-order valence-corrected chi connectivity index (χ2v) is 6.42. The number of aryl methyl sites for hydroxylation is 2. The van der Waals surface area contributed by atoms with Gasteiger partial charge in [-0.25, -0.2) is 0 Å². The fraction of sp³-hybridized carbons (Fsp3) is 0.714. The minimum Gasteiger partial charge on any atom is -0.374 e. The van der Waals surface area contributed by atoms with Crippen LogP contribution in [-0.2, 0) is 11.3 Å². The molecule has 2 rings (SSSR count). The van der Waals surface area contributed by atoms with Crippen molar-refractivity contribution in [1.82, 2.24) is 10.2 Å². The molecule has 102 valence electrons. The Morgan fingerprint density at radius 2 is 2.33 bits per heavy atom. The molecule has 1 saturated heterocycles. The maximum absolute atomic E-state index is 5.78. The number of hydrogen-bond acceptors (Lipinski definition) is 4. The molecule has 0 spiro atoms. The van der Waals surface area contributed by atoms with E-state index >= 15 is 0 Å². The van der Waals surface area contributed by atoms with Gasteiger partial charge in [0.1, 0.15) is 0 Å². The molecule has 2 heterocycles. The van der Waals surface area contributed by atoms with Gasteiger partial charge in [-0.15, -0.1) is 11.3 Å². The summed E-state index contributed by atoms with van der Waals surface area (Å²) in [5.41, 5.74) is 1.43. The predicted octanol–water partition coefficient (Wildman–Crippen LogP) is 2.18. The first kappa shape index (κ1) is 14.0. The fourth-order valence-electron chi connectivity index (χ4n) is 2.42. The highest BCUT2D eigenvalue weighted by Gasteiger charge is 2.18. The highest BCUT2D eigenvalue weighted by molar-refractivity contribution is 7.12. The number of morpholine rings is 1. The van der Waals surface area contributed by atoms with Crippen LogP contribution >= 0.6 is 11.3 Å². The van der Waals surface area contributed by atoms with Crippen LogP contribution in [0.15, 0.2) is 6.07 Å². The lowest BCUT2D eigenvalue weighted by atomic mass is 10.2. The molecule has 3 nitrogen and oxygen atoms in total. The normalized spacial score (nSPS) is 21.4. The van der Waals surface area contributed by atoms with E-state index in [-0.39, 0.29) is 0 Å². The molecule has 1 aliphatic rings. The third-order valence-electron chi connectivity index (χ3n) is 3.50. The van der Waals surface area contributed by atoms with Crippen molar-refractivity contribution in [2.24, 2.45) is 0 Å². The summed E-state index contributed by atoms with van der Waals surface area (Å²) in [6, 6.07) is 2.28. The molecule has 1 atom stereocenters. The van der Waals surface area contributed by atoms with Crippen molar-refractivity contribution in [2.75, 3.05) is 32.8 Å². The van der Waals surface area contributed by atoms with Crippen molar-refractivity contribution in [2.45, 2.75) is 33.4 Å². The van der Waals surface area contributed by atoms with Gasteiger partial charge in [-0.05, 0) is 32.0 Å². The first-order chi connectivity index (χ1) is 8.69. The van der Waals surface area contributed by atoms with Crippen LogP contribution in [-0.4, -0.2) is 43.8 Å². The molecule has 0 bridgehead atoms. The van der Waals surface area contributed by atoms with Crippen LogP contribution in [0.2, 0.25) is 0 Å². The molecule has 1 unspecified atom stereocenters. The van der Waals surface area contributed by atoms with Crippen molar-refractivity contribution in [3.63, 3.8) is 0 Å². The number of thiophene rings is 1. The molecular formula is C14H24N2OS. The van der Waals surface area contributed by atoms with Gasteiger partial charge in [-0.1, -0.05) is 6.92 Å². The van der Waals surface area contributed by atoms with E-state index in [1.807, 2.05) is 11.3 Å². The summed E-state index contributed by atoms with van der Waals surface area (Å²) in [7, 11) is 0. The van der Waals surface area contributed by atoms with E-state index in [2.05, 4.69) is 37.1 Å². The minimum atomic E-state index is 0.346. The Morgan fingerprint density at radius 3 is 3.00 bits per heavy atom. The monoisotopic (exact) mass is 268 g/mol. The highest BCUT2D eigenvalue weighted by Crippen LogP contribution is 2.20. The molecule has 1 aromatic heterocycles. The number of ether oxygens (including phenoxy) is 1. The van der Waals surface area contributed by atoms with Gasteiger partial charge in [0.2, 0.25) is 0 Å². The van der Waals surface area contributed by atoms with Gasteiger partial charge in [-0.2, -0.15) is 0 Å². The summed E-state index contributed by atoms with van der Waals surface area (Å²) in [5.74, 6) is 0. The van der Waals surface area contributed by atoms with Gasteiger partial charge in [0.25, 0.3) is 0 Å². The Balaban J connectivity index is 1.73. The quantitative estimate of drug-likeness (QED) is 0.886. The zero-order valence-corrected chi connectivity index (χ0v) is 12.5. The zero-order valence-electron chi connectivity index (χ0n) is 11.7. The molecule has 0 aliphatic carbocycles. The first-order valence-electron chi connectivity index (χ1n) is 6.79. The number of nitrogens with zero attached hydrogens (tertiary/aromatic N) is 1. The predicted molar refractivity (Wildman–Crippen MR) is 77.4 cm³/mol. The van der Waals surface area contributed by atoms with Crippen LogP contribution in [0.3, 0.4) is 0 Å². The molecule has 1 fully saturated rings. The molecule has 1 aliphatic heterocycles. The third kappa shape index (κ3) is 3.79. The Morgan fingerprint density at radius 1 is 1.50 bits per heavy atom. The summed E-state index contributed by atoms with van der Waals surface area (Å²) in [4.78, 5) is 5.28. The van der Waals surface area contributed by atoms with Gasteiger partial charge in [0, 0.05) is 35.9 Å². The van der Waals surface area contributed by atoms with Gasteiger partial charge in [-0.3, -0.25) is 4.90 Å². The fourth-order valence-corrected chi connectivity index (χ4v) is 3.36. The van der Waals surface area contributed by atoms with Crippen molar-refractivity contribution in [3.8, 4) is 0 Å². The molecule has 18 heavy (non-hydrogen) atoms. The van der Waals surface area contributed by atoms with Gasteiger partial charge < -0.3 is 10.1 Å². The lowest BCUT2D eigenvalue weighted by molar-refractivity contribution is -0.0253.